The molecule has 1 aromatic rings. The summed E-state index contributed by atoms with van der Waals surface area (Å²) in [4.78, 5) is 127. The van der Waals surface area contributed by atoms with Crippen LogP contribution in [0.25, 0.3) is 0 Å². The summed E-state index contributed by atoms with van der Waals surface area (Å²) >= 11 is 0. The molecule has 3 heterocycles. The summed E-state index contributed by atoms with van der Waals surface area (Å²) in [7, 11) is 3.51. The fourth-order valence-electron chi connectivity index (χ4n) is 10.3. The predicted octanol–water partition coefficient (Wildman–Crippen LogP) is -2.97. The van der Waals surface area contributed by atoms with E-state index in [9.17, 15) is 84.0 Å². The van der Waals surface area contributed by atoms with Crippen molar-refractivity contribution in [2.45, 2.75) is 203 Å². The molecule has 15 N–H and O–H groups in total. The molecular formula is C55H89N9O19. The van der Waals surface area contributed by atoms with Gasteiger partial charge in [-0.1, -0.05) is 77.8 Å². The van der Waals surface area contributed by atoms with Crippen LogP contribution in [0.2, 0.25) is 0 Å². The first-order valence-electron chi connectivity index (χ1n) is 28.6. The van der Waals surface area contributed by atoms with Crippen LogP contribution in [0, 0.1) is 11.8 Å². The third-order valence-electron chi connectivity index (χ3n) is 15.2. The first-order valence-corrected chi connectivity index (χ1v) is 28.6. The molecule has 28 heteroatoms. The van der Waals surface area contributed by atoms with Crippen LogP contribution in [0.15, 0.2) is 24.3 Å². The molecule has 28 nitrogen and oxygen atoms in total. The highest BCUT2D eigenvalue weighted by Gasteiger charge is 2.49. The summed E-state index contributed by atoms with van der Waals surface area (Å²) in [6, 6.07) is -7.43. The number of nitrogens with two attached hydrogens (primary N) is 1. The number of primary amides is 1. The topological polar surface area (TPSA) is 430 Å². The summed E-state index contributed by atoms with van der Waals surface area (Å²) in [5.74, 6) is -8.58. The van der Waals surface area contributed by atoms with Crippen molar-refractivity contribution in [3.63, 3.8) is 0 Å². The van der Waals surface area contributed by atoms with Crippen LogP contribution in [0.1, 0.15) is 129 Å². The number of rotatable bonds is 24. The average molecular weight is 1180 g/mol. The van der Waals surface area contributed by atoms with E-state index in [0.29, 0.717) is 36.1 Å². The highest BCUT2D eigenvalue weighted by atomic mass is 16.7. The summed E-state index contributed by atoms with van der Waals surface area (Å²) in [6.07, 6.45) is -11.7. The van der Waals surface area contributed by atoms with Crippen molar-refractivity contribution in [2.75, 3.05) is 40.3 Å². The largest absolute Gasteiger partial charge is 0.513 e. The van der Waals surface area contributed by atoms with E-state index in [1.165, 1.54) is 30.7 Å². The van der Waals surface area contributed by atoms with Crippen molar-refractivity contribution in [1.82, 2.24) is 41.3 Å². The van der Waals surface area contributed by atoms with Crippen LogP contribution in [-0.4, -0.2) is 228 Å². The number of nitrogens with zero attached hydrogens (tertiary/aromatic N) is 3. The van der Waals surface area contributed by atoms with E-state index in [0.717, 1.165) is 50.3 Å². The molecule has 468 valence electrons. The van der Waals surface area contributed by atoms with E-state index in [1.54, 1.807) is 19.0 Å². The van der Waals surface area contributed by atoms with Gasteiger partial charge in [0.25, 0.3) is 0 Å². The summed E-state index contributed by atoms with van der Waals surface area (Å²) in [5, 5.41) is 102. The molecule has 8 amide bonds. The maximum Gasteiger partial charge on any atom is 0.513 e. The number of unbranched alkanes of at least 4 members (excludes halogenated alkanes) is 5. The molecule has 16 atom stereocenters. The van der Waals surface area contributed by atoms with E-state index < -0.39 is 171 Å². The van der Waals surface area contributed by atoms with E-state index >= 15 is 0 Å². The molecule has 0 radical (unpaired) electrons. The van der Waals surface area contributed by atoms with Gasteiger partial charge < -0.3 is 97.3 Å². The van der Waals surface area contributed by atoms with Crippen LogP contribution in [-0.2, 0) is 43.1 Å². The third-order valence-corrected chi connectivity index (χ3v) is 15.2. The SMILES string of the molecule is CCC(C)CC(C)CCCCCCCCC(=O)N[C@H]1C[C@@H](O)[C@@H](O)NC(=O)[C@@H]2[C@@H](O)CCN2C(=O)[C@H]([C@H](O)CC(N)=O)NC(=O)[C@H]([C@H](O)[C@@H](O)c2ccc(OC(=O)OCCN(C)C)cc2)NC(=O)[C@@H]2C[C@@H](O)CN2C(=O)[C@H]([C@@H](C)O)NC1=O. The van der Waals surface area contributed by atoms with Gasteiger partial charge in [-0.25, -0.2) is 4.79 Å². The molecule has 0 bridgehead atoms. The van der Waals surface area contributed by atoms with Gasteiger partial charge in [-0.15, -0.1) is 0 Å². The van der Waals surface area contributed by atoms with Crippen molar-refractivity contribution in [2.24, 2.45) is 17.6 Å². The molecule has 3 aliphatic heterocycles. The number of fused-ring (bicyclic) bond motifs is 2. The second-order valence-electron chi connectivity index (χ2n) is 22.6. The summed E-state index contributed by atoms with van der Waals surface area (Å²) in [5.41, 5.74) is 5.20. The third kappa shape index (κ3) is 21.2. The number of amides is 8. The molecule has 3 saturated heterocycles. The highest BCUT2D eigenvalue weighted by Crippen LogP contribution is 2.27. The average Bonchev–Trinajstić information content (AvgIpc) is 4.05. The van der Waals surface area contributed by atoms with E-state index in [-0.39, 0.29) is 30.8 Å². The summed E-state index contributed by atoms with van der Waals surface area (Å²) < 4.78 is 10.2. The lowest BCUT2D eigenvalue weighted by Crippen LogP contribution is -2.64. The Hall–Kier alpha value is -6.11. The number of ether oxygens (including phenoxy) is 2. The number of benzene rings is 1. The fourth-order valence-corrected chi connectivity index (χ4v) is 10.3. The van der Waals surface area contributed by atoms with Crippen LogP contribution >= 0.6 is 0 Å². The molecule has 3 fully saturated rings. The minimum absolute atomic E-state index is 0.00914. The van der Waals surface area contributed by atoms with Gasteiger partial charge in [0.2, 0.25) is 47.3 Å². The lowest BCUT2D eigenvalue weighted by molar-refractivity contribution is -0.149. The zero-order valence-corrected chi connectivity index (χ0v) is 48.3. The number of carbonyl (C=O) groups excluding carboxylic acids is 9. The number of nitrogens with one attached hydrogen (secondary N) is 5. The quantitative estimate of drug-likeness (QED) is 0.0279. The molecule has 0 saturated carbocycles. The number of aliphatic hydroxyl groups excluding tert-OH is 8. The number of hydrogen-bond acceptors (Lipinski definition) is 20. The lowest BCUT2D eigenvalue weighted by Gasteiger charge is -2.34. The molecule has 0 aliphatic carbocycles. The standard InChI is InChI=1S/C55H89N9O19/c1-7-29(2)24-30(3)14-12-10-8-9-11-13-15-41(71)57-35-26-39(69)50(76)61-52(78)45-37(67)20-21-63(45)54(80)43(38(68)27-40(56)70)59-51(77)44(47(73)46(72)32-16-18-34(19-17-32)83-55(81)82-23-22-62(5)6)60-49(75)36-25-33(66)28-64(36)53(79)42(31(4)65)58-48(35)74/h16-19,29-31,33,35-39,42-47,50,65-69,72-73,76H,7-15,20-28H2,1-6H3,(H2,56,70)(H,57,71)(H,58,74)(H,59,77)(H,60,75)(H,61,78)/t29?,30?,31-,33-,35+,36+,37+,38-,39-,42+,43+,44+,45+,46+,47+,50-/m1/s1. The second-order valence-corrected chi connectivity index (χ2v) is 22.6. The molecule has 0 spiro atoms. The molecule has 2 unspecified atom stereocenters. The molecule has 1 aromatic carbocycles. The Morgan fingerprint density at radius 2 is 1.36 bits per heavy atom. The van der Waals surface area contributed by atoms with E-state index in [4.69, 9.17) is 15.2 Å². The number of likely N-dealkylation sites (N-methyl/N-ethyl adjacent to an activating group) is 1. The first-order chi connectivity index (χ1) is 39.1. The van der Waals surface area contributed by atoms with E-state index in [2.05, 4.69) is 47.4 Å². The Kier molecular flexibility index (Phi) is 27.9. The van der Waals surface area contributed by atoms with Gasteiger partial charge in [0.05, 0.1) is 30.8 Å². The maximum atomic E-state index is 14.6. The van der Waals surface area contributed by atoms with Crippen molar-refractivity contribution in [3.8, 4) is 5.75 Å². The molecule has 83 heavy (non-hydrogen) atoms. The summed E-state index contributed by atoms with van der Waals surface area (Å²) in [6.45, 7) is 7.08. The smallest absolute Gasteiger partial charge is 0.433 e. The molecule has 0 aromatic heterocycles. The van der Waals surface area contributed by atoms with Gasteiger partial charge in [-0.05, 0) is 69.8 Å². The zero-order chi connectivity index (χ0) is 61.8. The van der Waals surface area contributed by atoms with Crippen LogP contribution in [0.4, 0.5) is 4.79 Å². The van der Waals surface area contributed by atoms with Gasteiger partial charge in [-0.2, -0.15) is 0 Å². The first kappa shape index (κ1) is 69.4. The van der Waals surface area contributed by atoms with Gasteiger partial charge in [0.1, 0.15) is 66.9 Å². The number of carbonyl (C=O) groups is 9. The van der Waals surface area contributed by atoms with Crippen molar-refractivity contribution < 1.29 is 93.5 Å². The van der Waals surface area contributed by atoms with Gasteiger partial charge >= 0.3 is 6.16 Å². The number of aliphatic hydroxyl groups is 8. The minimum atomic E-state index is -2.43. The Morgan fingerprint density at radius 3 is 1.99 bits per heavy atom. The zero-order valence-electron chi connectivity index (χ0n) is 48.3. The van der Waals surface area contributed by atoms with E-state index in [1.807, 2.05) is 0 Å². The van der Waals surface area contributed by atoms with Gasteiger partial charge in [0, 0.05) is 38.9 Å². The second kappa shape index (κ2) is 33.4. The van der Waals surface area contributed by atoms with Gasteiger partial charge in [0.15, 0.2) is 6.23 Å². The predicted molar refractivity (Wildman–Crippen MR) is 294 cm³/mol. The molecule has 4 rings (SSSR count). The maximum absolute atomic E-state index is 14.6. The van der Waals surface area contributed by atoms with Crippen molar-refractivity contribution >= 4 is 53.4 Å². The Bertz CT molecular complexity index is 2330. The molecular weight excluding hydrogens is 1090 g/mol. The Balaban J connectivity index is 1.70. The van der Waals surface area contributed by atoms with Crippen LogP contribution < -0.4 is 37.1 Å². The van der Waals surface area contributed by atoms with Crippen LogP contribution in [0.3, 0.4) is 0 Å². The highest BCUT2D eigenvalue weighted by molar-refractivity contribution is 5.98. The minimum Gasteiger partial charge on any atom is -0.433 e. The Morgan fingerprint density at radius 1 is 0.747 bits per heavy atom. The monoisotopic (exact) mass is 1180 g/mol. The lowest BCUT2D eigenvalue weighted by atomic mass is 9.91. The number of hydrogen-bond donors (Lipinski definition) is 14. The van der Waals surface area contributed by atoms with Crippen LogP contribution in [0.5, 0.6) is 5.75 Å². The molecule has 3 aliphatic rings. The van der Waals surface area contributed by atoms with Gasteiger partial charge in [-0.3, -0.25) is 38.4 Å². The fraction of sp³-hybridized carbons (Fsp3) is 0.727. The normalized spacial score (nSPS) is 27.3. The van der Waals surface area contributed by atoms with Crippen molar-refractivity contribution in [1.29, 1.82) is 0 Å². The Labute approximate surface area is 483 Å². The van der Waals surface area contributed by atoms with Crippen molar-refractivity contribution in [3.05, 3.63) is 29.8 Å².